The number of likely N-dealkylation sites (N-methyl/N-ethyl adjacent to an activating group) is 1. The van der Waals surface area contributed by atoms with Gasteiger partial charge in [-0.2, -0.15) is 0 Å². The van der Waals surface area contributed by atoms with Gasteiger partial charge in [-0.1, -0.05) is 17.7 Å². The number of aromatic nitrogens is 2. The lowest BCUT2D eigenvalue weighted by molar-refractivity contribution is -0.145. The minimum atomic E-state index is -0.901. The van der Waals surface area contributed by atoms with E-state index in [0.717, 1.165) is 0 Å². The third kappa shape index (κ3) is 8.38. The lowest BCUT2D eigenvalue weighted by atomic mass is 9.82. The number of methoxy groups -OCH3 is 1. The van der Waals surface area contributed by atoms with Crippen LogP contribution >= 0.6 is 11.6 Å². The summed E-state index contributed by atoms with van der Waals surface area (Å²) < 4.78 is 31.8. The number of benzene rings is 2. The van der Waals surface area contributed by atoms with E-state index in [1.165, 1.54) is 19.5 Å². The minimum Gasteiger partial charge on any atom is -0.493 e. The maximum atomic E-state index is 14.6. The molecule has 0 spiro atoms. The lowest BCUT2D eigenvalue weighted by Crippen LogP contribution is -2.48. The fourth-order valence-electron chi connectivity index (χ4n) is 5.38. The minimum absolute atomic E-state index is 0.0107. The Morgan fingerprint density at radius 2 is 1.89 bits per heavy atom. The molecule has 11 nitrogen and oxygen atoms in total. The van der Waals surface area contributed by atoms with Gasteiger partial charge in [0, 0.05) is 24.5 Å². The molecule has 44 heavy (non-hydrogen) atoms. The second-order valence-corrected chi connectivity index (χ2v) is 12.2. The molecule has 1 atom stereocenters. The number of amides is 1. The smallest absolute Gasteiger partial charge is 0.407 e. The second kappa shape index (κ2) is 14.3. The third-order valence-electron chi connectivity index (χ3n) is 7.45. The third-order valence-corrected chi connectivity index (χ3v) is 7.74. The summed E-state index contributed by atoms with van der Waals surface area (Å²) in [6, 6.07) is 7.46. The Morgan fingerprint density at radius 3 is 2.55 bits per heavy atom. The molecule has 1 heterocycles. The quantitative estimate of drug-likeness (QED) is 0.230. The van der Waals surface area contributed by atoms with E-state index in [0.29, 0.717) is 60.4 Å². The first kappa shape index (κ1) is 33.0. The van der Waals surface area contributed by atoms with Gasteiger partial charge in [0.1, 0.15) is 23.8 Å². The van der Waals surface area contributed by atoms with Crippen LogP contribution in [0.1, 0.15) is 46.5 Å². The van der Waals surface area contributed by atoms with E-state index in [-0.39, 0.29) is 29.3 Å². The molecule has 0 aliphatic heterocycles. The molecular formula is C31H39ClFN5O6. The zero-order valence-electron chi connectivity index (χ0n) is 25.5. The monoisotopic (exact) mass is 631 g/mol. The molecule has 2 aromatic carbocycles. The number of halogens is 2. The molecule has 3 N–H and O–H groups in total. The SMILES string of the molecule is COc1cc2ncnc(Nc3cccc(Cl)c3F)c2cc1OC1CCC([C@@H](C(=O)O)N(C)CCNC(=O)OC(C)(C)C)CC1. The zero-order chi connectivity index (χ0) is 32.0. The van der Waals surface area contributed by atoms with Crippen molar-refractivity contribution in [1.82, 2.24) is 20.2 Å². The molecule has 0 saturated heterocycles. The van der Waals surface area contributed by atoms with Gasteiger partial charge < -0.3 is 30.0 Å². The number of nitrogens with one attached hydrogen (secondary N) is 2. The summed E-state index contributed by atoms with van der Waals surface area (Å²) in [5.74, 6) is -0.240. The van der Waals surface area contributed by atoms with Gasteiger partial charge >= 0.3 is 12.1 Å². The Balaban J connectivity index is 1.41. The first-order chi connectivity index (χ1) is 20.9. The number of hydrogen-bond acceptors (Lipinski definition) is 9. The van der Waals surface area contributed by atoms with Crippen molar-refractivity contribution >= 4 is 46.1 Å². The number of carboxylic acid groups (broad SMARTS) is 1. The molecular weight excluding hydrogens is 593 g/mol. The Hall–Kier alpha value is -3.90. The number of alkyl carbamates (subject to hydrolysis) is 1. The molecule has 0 radical (unpaired) electrons. The van der Waals surface area contributed by atoms with Crippen LogP contribution < -0.4 is 20.1 Å². The number of hydrogen-bond donors (Lipinski definition) is 3. The van der Waals surface area contributed by atoms with Gasteiger partial charge in [0.25, 0.3) is 0 Å². The van der Waals surface area contributed by atoms with Crippen molar-refractivity contribution in [2.24, 2.45) is 5.92 Å². The van der Waals surface area contributed by atoms with E-state index in [4.69, 9.17) is 25.8 Å². The Kier molecular flexibility index (Phi) is 10.7. The van der Waals surface area contributed by atoms with Crippen molar-refractivity contribution in [2.75, 3.05) is 32.6 Å². The van der Waals surface area contributed by atoms with E-state index in [9.17, 15) is 19.1 Å². The molecule has 4 rings (SSSR count). The summed E-state index contributed by atoms with van der Waals surface area (Å²) in [5, 5.41) is 16.3. The highest BCUT2D eigenvalue weighted by atomic mass is 35.5. The molecule has 1 aliphatic rings. The van der Waals surface area contributed by atoms with Gasteiger partial charge in [0.05, 0.1) is 29.4 Å². The topological polar surface area (TPSA) is 135 Å². The normalized spacial score (nSPS) is 17.6. The molecule has 0 bridgehead atoms. The van der Waals surface area contributed by atoms with Crippen LogP contribution in [0.2, 0.25) is 5.02 Å². The molecule has 238 valence electrons. The van der Waals surface area contributed by atoms with Crippen LogP contribution in [0.5, 0.6) is 11.5 Å². The fourth-order valence-corrected chi connectivity index (χ4v) is 5.56. The van der Waals surface area contributed by atoms with Crippen molar-refractivity contribution in [2.45, 2.75) is 64.2 Å². The highest BCUT2D eigenvalue weighted by molar-refractivity contribution is 6.31. The van der Waals surface area contributed by atoms with Crippen LogP contribution in [0.25, 0.3) is 10.9 Å². The molecule has 1 saturated carbocycles. The van der Waals surface area contributed by atoms with Gasteiger partial charge in [-0.05, 0) is 77.6 Å². The largest absolute Gasteiger partial charge is 0.493 e. The van der Waals surface area contributed by atoms with Crippen LogP contribution in [0, 0.1) is 11.7 Å². The number of carboxylic acids is 1. The van der Waals surface area contributed by atoms with Crippen LogP contribution in [0.15, 0.2) is 36.7 Å². The van der Waals surface area contributed by atoms with Gasteiger partial charge in [-0.25, -0.2) is 19.2 Å². The molecule has 3 aromatic rings. The Labute approximate surface area is 261 Å². The van der Waals surface area contributed by atoms with Gasteiger partial charge in [0.2, 0.25) is 0 Å². The lowest BCUT2D eigenvalue weighted by Gasteiger charge is -2.36. The molecule has 1 aliphatic carbocycles. The summed E-state index contributed by atoms with van der Waals surface area (Å²) in [6.45, 7) is 5.97. The zero-order valence-corrected chi connectivity index (χ0v) is 26.3. The molecule has 1 aromatic heterocycles. The van der Waals surface area contributed by atoms with Crippen molar-refractivity contribution in [3.05, 3.63) is 47.5 Å². The predicted molar refractivity (Wildman–Crippen MR) is 165 cm³/mol. The molecule has 13 heteroatoms. The highest BCUT2D eigenvalue weighted by Gasteiger charge is 2.35. The maximum absolute atomic E-state index is 14.6. The summed E-state index contributed by atoms with van der Waals surface area (Å²) in [5.41, 5.74) is 0.138. The van der Waals surface area contributed by atoms with Crippen LogP contribution in [-0.4, -0.2) is 77.0 Å². The fraction of sp³-hybridized carbons (Fsp3) is 0.484. The van der Waals surface area contributed by atoms with Crippen LogP contribution in [0.4, 0.5) is 20.7 Å². The van der Waals surface area contributed by atoms with Gasteiger partial charge in [0.15, 0.2) is 17.3 Å². The number of carbonyl (C=O) groups is 2. The van der Waals surface area contributed by atoms with E-state index in [1.54, 1.807) is 57.0 Å². The standard InChI is InChI=1S/C31H39ClFN5O6/c1-31(2,3)44-30(41)34-13-14-38(4)27(29(39)40)18-9-11-19(12-10-18)43-25-15-20-23(16-24(25)42-5)35-17-36-28(20)37-22-8-6-7-21(32)26(22)33/h6-8,15-19,27H,9-14H2,1-5H3,(H,34,41)(H,39,40)(H,35,36,37)/t18?,19?,27-/m0/s1. The Bertz CT molecular complexity index is 1480. The van der Waals surface area contributed by atoms with Crippen molar-refractivity contribution in [3.63, 3.8) is 0 Å². The molecule has 0 unspecified atom stereocenters. The summed E-state index contributed by atoms with van der Waals surface area (Å²) >= 11 is 5.95. The Morgan fingerprint density at radius 1 is 1.16 bits per heavy atom. The second-order valence-electron chi connectivity index (χ2n) is 11.8. The molecule has 1 amide bonds. The van der Waals surface area contributed by atoms with Crippen molar-refractivity contribution in [3.8, 4) is 11.5 Å². The summed E-state index contributed by atoms with van der Waals surface area (Å²) in [6.07, 6.45) is 3.24. The number of carbonyl (C=O) groups excluding carboxylic acids is 1. The summed E-state index contributed by atoms with van der Waals surface area (Å²) in [4.78, 5) is 34.6. The first-order valence-corrected chi connectivity index (χ1v) is 14.8. The van der Waals surface area contributed by atoms with Crippen molar-refractivity contribution in [1.29, 1.82) is 0 Å². The maximum Gasteiger partial charge on any atom is 0.407 e. The average molecular weight is 632 g/mol. The number of rotatable bonds is 11. The number of ether oxygens (including phenoxy) is 3. The number of nitrogens with zero attached hydrogens (tertiary/aromatic N) is 3. The molecule has 1 fully saturated rings. The van der Waals surface area contributed by atoms with E-state index < -0.39 is 29.5 Å². The van der Waals surface area contributed by atoms with Gasteiger partial charge in [-0.15, -0.1) is 0 Å². The summed E-state index contributed by atoms with van der Waals surface area (Å²) in [7, 11) is 3.29. The highest BCUT2D eigenvalue weighted by Crippen LogP contribution is 2.38. The number of aliphatic carboxylic acids is 1. The number of anilines is 2. The van der Waals surface area contributed by atoms with Crippen LogP contribution in [-0.2, 0) is 9.53 Å². The predicted octanol–water partition coefficient (Wildman–Crippen LogP) is 6.02. The van der Waals surface area contributed by atoms with E-state index in [2.05, 4.69) is 20.6 Å². The van der Waals surface area contributed by atoms with Crippen molar-refractivity contribution < 1.29 is 33.3 Å². The number of fused-ring (bicyclic) bond motifs is 1. The average Bonchev–Trinajstić information content (AvgIpc) is 2.95. The van der Waals surface area contributed by atoms with E-state index in [1.807, 2.05) is 0 Å². The first-order valence-electron chi connectivity index (χ1n) is 14.5. The van der Waals surface area contributed by atoms with Crippen LogP contribution in [0.3, 0.4) is 0 Å². The van der Waals surface area contributed by atoms with Gasteiger partial charge in [-0.3, -0.25) is 9.69 Å². The van der Waals surface area contributed by atoms with E-state index >= 15 is 0 Å².